The van der Waals surface area contributed by atoms with E-state index >= 15 is 0 Å². The van der Waals surface area contributed by atoms with Crippen molar-refractivity contribution in [2.75, 3.05) is 7.11 Å². The molecule has 1 aromatic heterocycles. The van der Waals surface area contributed by atoms with E-state index in [4.69, 9.17) is 0 Å². The number of H-pyrrole nitrogens is 1. The lowest BCUT2D eigenvalue weighted by Crippen LogP contribution is -2.11. The first kappa shape index (κ1) is 10.9. The van der Waals surface area contributed by atoms with Gasteiger partial charge in [-0.2, -0.15) is 0 Å². The van der Waals surface area contributed by atoms with Crippen LogP contribution in [0.25, 0.3) is 10.9 Å². The fourth-order valence-corrected chi connectivity index (χ4v) is 2.04. The van der Waals surface area contributed by atoms with Gasteiger partial charge < -0.3 is 9.72 Å². The predicted octanol–water partition coefficient (Wildman–Crippen LogP) is 2.08. The maximum Gasteiger partial charge on any atom is 0.354 e. The maximum absolute atomic E-state index is 11.8. The Morgan fingerprint density at radius 3 is 2.88 bits per heavy atom. The number of aromatic amines is 1. The average Bonchev–Trinajstić information content (AvgIpc) is 2.27. The van der Waals surface area contributed by atoms with E-state index in [1.165, 1.54) is 13.2 Å². The molecule has 1 heterocycles. The number of carbonyl (C=O) groups is 1. The van der Waals surface area contributed by atoms with E-state index in [0.29, 0.717) is 15.4 Å². The molecule has 0 radical (unpaired) electrons. The van der Waals surface area contributed by atoms with Crippen molar-refractivity contribution in [2.24, 2.45) is 0 Å². The molecular formula is C11H8BrNO3. The Hall–Kier alpha value is -1.62. The van der Waals surface area contributed by atoms with Crippen molar-refractivity contribution in [3.8, 4) is 0 Å². The number of pyridine rings is 1. The minimum atomic E-state index is -0.557. The van der Waals surface area contributed by atoms with Crippen LogP contribution in [-0.4, -0.2) is 18.1 Å². The Labute approximate surface area is 99.4 Å². The molecule has 82 valence electrons. The van der Waals surface area contributed by atoms with Gasteiger partial charge in [-0.05, 0) is 28.1 Å². The molecule has 0 unspecified atom stereocenters. The zero-order valence-corrected chi connectivity index (χ0v) is 10.00. The molecule has 0 aliphatic heterocycles. The summed E-state index contributed by atoms with van der Waals surface area (Å²) in [4.78, 5) is 25.9. The van der Waals surface area contributed by atoms with E-state index in [1.54, 1.807) is 18.2 Å². The lowest BCUT2D eigenvalue weighted by molar-refractivity contribution is 0.0594. The molecule has 0 fully saturated rings. The van der Waals surface area contributed by atoms with Gasteiger partial charge in [0.25, 0.3) is 0 Å². The third-order valence-corrected chi connectivity index (χ3v) is 2.87. The van der Waals surface area contributed by atoms with Crippen LogP contribution < -0.4 is 5.43 Å². The van der Waals surface area contributed by atoms with Crippen molar-refractivity contribution in [2.45, 2.75) is 0 Å². The van der Waals surface area contributed by atoms with Crippen LogP contribution in [0.15, 0.2) is 33.5 Å². The van der Waals surface area contributed by atoms with Crippen molar-refractivity contribution in [3.05, 3.63) is 44.7 Å². The Kier molecular flexibility index (Phi) is 2.78. The molecule has 2 aromatic rings. The SMILES string of the molecule is COC(=O)c1cc(=O)c2c(Br)cccc2[nH]1. The second kappa shape index (κ2) is 4.09. The standard InChI is InChI=1S/C11H8BrNO3/c1-16-11(15)8-5-9(14)10-6(12)3-2-4-7(10)13-8/h2-5H,1H3,(H,13,14). The topological polar surface area (TPSA) is 59.2 Å². The minimum absolute atomic E-state index is 0.151. The normalized spacial score (nSPS) is 10.4. The first-order valence-corrected chi connectivity index (χ1v) is 5.32. The highest BCUT2D eigenvalue weighted by molar-refractivity contribution is 9.10. The number of rotatable bonds is 1. The smallest absolute Gasteiger partial charge is 0.354 e. The fourth-order valence-electron chi connectivity index (χ4n) is 1.48. The molecule has 0 bridgehead atoms. The molecule has 2 rings (SSSR count). The third-order valence-electron chi connectivity index (χ3n) is 2.21. The Balaban J connectivity index is 2.79. The number of hydrogen-bond donors (Lipinski definition) is 1. The van der Waals surface area contributed by atoms with Crippen LogP contribution in [0, 0.1) is 0 Å². The van der Waals surface area contributed by atoms with E-state index in [2.05, 4.69) is 25.7 Å². The summed E-state index contributed by atoms with van der Waals surface area (Å²) in [6.45, 7) is 0. The summed E-state index contributed by atoms with van der Waals surface area (Å²) in [7, 11) is 1.27. The van der Waals surface area contributed by atoms with Crippen molar-refractivity contribution >= 4 is 32.8 Å². The molecular weight excluding hydrogens is 274 g/mol. The van der Waals surface area contributed by atoms with Crippen molar-refractivity contribution in [3.63, 3.8) is 0 Å². The first-order chi connectivity index (χ1) is 7.63. The molecule has 5 heteroatoms. The number of fused-ring (bicyclic) bond motifs is 1. The van der Waals surface area contributed by atoms with Crippen LogP contribution >= 0.6 is 15.9 Å². The van der Waals surface area contributed by atoms with E-state index < -0.39 is 5.97 Å². The number of nitrogens with one attached hydrogen (secondary N) is 1. The molecule has 0 aliphatic carbocycles. The Morgan fingerprint density at radius 1 is 1.44 bits per heavy atom. The van der Waals surface area contributed by atoms with Gasteiger partial charge in [0, 0.05) is 10.5 Å². The zero-order valence-electron chi connectivity index (χ0n) is 8.41. The van der Waals surface area contributed by atoms with Crippen LogP contribution in [0.1, 0.15) is 10.5 Å². The second-order valence-corrected chi connectivity index (χ2v) is 4.06. The number of halogens is 1. The number of hydrogen-bond acceptors (Lipinski definition) is 3. The Morgan fingerprint density at radius 2 is 2.19 bits per heavy atom. The molecule has 4 nitrogen and oxygen atoms in total. The molecule has 16 heavy (non-hydrogen) atoms. The quantitative estimate of drug-likeness (QED) is 0.815. The van der Waals surface area contributed by atoms with Gasteiger partial charge in [0.15, 0.2) is 5.43 Å². The van der Waals surface area contributed by atoms with Gasteiger partial charge >= 0.3 is 5.97 Å². The van der Waals surface area contributed by atoms with E-state index in [-0.39, 0.29) is 11.1 Å². The van der Waals surface area contributed by atoms with Gasteiger partial charge in [-0.15, -0.1) is 0 Å². The zero-order chi connectivity index (χ0) is 11.7. The molecule has 1 N–H and O–H groups in total. The molecule has 0 amide bonds. The molecule has 0 saturated heterocycles. The van der Waals surface area contributed by atoms with Crippen LogP contribution in [-0.2, 0) is 4.74 Å². The highest BCUT2D eigenvalue weighted by Crippen LogP contribution is 2.19. The summed E-state index contributed by atoms with van der Waals surface area (Å²) >= 11 is 3.29. The van der Waals surface area contributed by atoms with Gasteiger partial charge in [0.05, 0.1) is 18.0 Å². The Bertz CT molecular complexity index is 618. The van der Waals surface area contributed by atoms with Gasteiger partial charge in [-0.25, -0.2) is 4.79 Å². The van der Waals surface area contributed by atoms with Gasteiger partial charge in [-0.3, -0.25) is 4.79 Å². The van der Waals surface area contributed by atoms with E-state index in [0.717, 1.165) is 0 Å². The number of methoxy groups -OCH3 is 1. The van der Waals surface area contributed by atoms with Crippen molar-refractivity contribution < 1.29 is 9.53 Å². The summed E-state index contributed by atoms with van der Waals surface area (Å²) in [6, 6.07) is 6.52. The summed E-state index contributed by atoms with van der Waals surface area (Å²) in [5.74, 6) is -0.557. The van der Waals surface area contributed by atoms with Gasteiger partial charge in [0.2, 0.25) is 0 Å². The summed E-state index contributed by atoms with van der Waals surface area (Å²) in [6.07, 6.45) is 0. The predicted molar refractivity (Wildman–Crippen MR) is 63.6 cm³/mol. The second-order valence-electron chi connectivity index (χ2n) is 3.20. The first-order valence-electron chi connectivity index (χ1n) is 4.53. The minimum Gasteiger partial charge on any atom is -0.464 e. The highest BCUT2D eigenvalue weighted by atomic mass is 79.9. The fraction of sp³-hybridized carbons (Fsp3) is 0.0909. The number of aromatic nitrogens is 1. The third kappa shape index (κ3) is 1.74. The van der Waals surface area contributed by atoms with Crippen LogP contribution in [0.3, 0.4) is 0 Å². The molecule has 0 aliphatic rings. The average molecular weight is 282 g/mol. The van der Waals surface area contributed by atoms with Crippen LogP contribution in [0.4, 0.5) is 0 Å². The van der Waals surface area contributed by atoms with Gasteiger partial charge in [-0.1, -0.05) is 6.07 Å². The summed E-state index contributed by atoms with van der Waals surface area (Å²) in [5, 5.41) is 0.523. The van der Waals surface area contributed by atoms with Gasteiger partial charge in [0.1, 0.15) is 5.69 Å². The number of benzene rings is 1. The van der Waals surface area contributed by atoms with Crippen LogP contribution in [0.2, 0.25) is 0 Å². The molecule has 1 aromatic carbocycles. The number of ether oxygens (including phenoxy) is 1. The lowest BCUT2D eigenvalue weighted by atomic mass is 10.2. The summed E-state index contributed by atoms with van der Waals surface area (Å²) < 4.78 is 5.25. The largest absolute Gasteiger partial charge is 0.464 e. The van der Waals surface area contributed by atoms with Crippen molar-refractivity contribution in [1.29, 1.82) is 0 Å². The molecule has 0 saturated carbocycles. The van der Waals surface area contributed by atoms with Crippen molar-refractivity contribution in [1.82, 2.24) is 4.98 Å². The highest BCUT2D eigenvalue weighted by Gasteiger charge is 2.10. The number of carbonyl (C=O) groups excluding carboxylic acids is 1. The lowest BCUT2D eigenvalue weighted by Gasteiger charge is -2.03. The van der Waals surface area contributed by atoms with Crippen LogP contribution in [0.5, 0.6) is 0 Å². The number of esters is 1. The maximum atomic E-state index is 11.8. The monoisotopic (exact) mass is 281 g/mol. The summed E-state index contributed by atoms with van der Waals surface area (Å²) in [5.41, 5.74) is 0.530. The molecule has 0 atom stereocenters. The molecule has 0 spiro atoms. The van der Waals surface area contributed by atoms with E-state index in [1.807, 2.05) is 0 Å². The van der Waals surface area contributed by atoms with E-state index in [9.17, 15) is 9.59 Å².